The first kappa shape index (κ1) is 21.3. The number of fused-ring (bicyclic) bond motifs is 1. The van der Waals surface area contributed by atoms with Gasteiger partial charge in [-0.3, -0.25) is 14.0 Å². The smallest absolute Gasteiger partial charge is 0.350 e. The molecule has 1 aromatic carbocycles. The van der Waals surface area contributed by atoms with Crippen LogP contribution in [-0.2, 0) is 11.3 Å². The third kappa shape index (κ3) is 4.87. The molecule has 2 amide bonds. The third-order valence-electron chi connectivity index (χ3n) is 5.58. The molecule has 2 aromatic heterocycles. The van der Waals surface area contributed by atoms with Gasteiger partial charge in [0.15, 0.2) is 5.65 Å². The Labute approximate surface area is 188 Å². The van der Waals surface area contributed by atoms with Crippen molar-refractivity contribution in [3.05, 3.63) is 69.2 Å². The molecule has 0 saturated carbocycles. The van der Waals surface area contributed by atoms with Crippen molar-refractivity contribution in [3.63, 3.8) is 0 Å². The van der Waals surface area contributed by atoms with Gasteiger partial charge in [-0.05, 0) is 55.7 Å². The number of hydrogen-bond acceptors (Lipinski definition) is 4. The lowest BCUT2D eigenvalue weighted by Gasteiger charge is -2.31. The zero-order valence-electron chi connectivity index (χ0n) is 17.0. The Morgan fingerprint density at radius 2 is 1.84 bits per heavy atom. The number of aryl methyl sites for hydroxylation is 1. The van der Waals surface area contributed by atoms with Gasteiger partial charge in [-0.2, -0.15) is 0 Å². The summed E-state index contributed by atoms with van der Waals surface area (Å²) < 4.78 is 3.86. The fraction of sp³-hybridized carbons (Fsp3) is 0.364. The van der Waals surface area contributed by atoms with Gasteiger partial charge >= 0.3 is 5.69 Å². The summed E-state index contributed by atoms with van der Waals surface area (Å²) in [6.45, 7) is 2.07. The van der Waals surface area contributed by atoms with E-state index >= 15 is 0 Å². The van der Waals surface area contributed by atoms with E-state index < -0.39 is 0 Å². The molecule has 1 N–H and O–H groups in total. The number of amides is 2. The average molecular weight is 486 g/mol. The van der Waals surface area contributed by atoms with Crippen molar-refractivity contribution in [1.82, 2.24) is 24.4 Å². The van der Waals surface area contributed by atoms with Crippen LogP contribution in [0.2, 0.25) is 0 Å². The molecule has 0 radical (unpaired) electrons. The van der Waals surface area contributed by atoms with Gasteiger partial charge in [0.05, 0.1) is 0 Å². The van der Waals surface area contributed by atoms with E-state index in [1.165, 1.54) is 9.08 Å². The van der Waals surface area contributed by atoms with Crippen LogP contribution in [0.25, 0.3) is 5.65 Å². The first-order chi connectivity index (χ1) is 15.0. The number of likely N-dealkylation sites (tertiary alicyclic amines) is 1. The highest BCUT2D eigenvalue weighted by molar-refractivity contribution is 9.10. The van der Waals surface area contributed by atoms with Crippen LogP contribution in [0.15, 0.2) is 57.9 Å². The van der Waals surface area contributed by atoms with Gasteiger partial charge in [0.1, 0.15) is 0 Å². The van der Waals surface area contributed by atoms with Crippen molar-refractivity contribution >= 4 is 33.4 Å². The molecule has 3 aromatic rings. The zero-order valence-corrected chi connectivity index (χ0v) is 18.6. The summed E-state index contributed by atoms with van der Waals surface area (Å²) in [5.74, 6) is -0.0748. The van der Waals surface area contributed by atoms with Crippen molar-refractivity contribution in [2.75, 3.05) is 19.6 Å². The largest absolute Gasteiger partial charge is 0.356 e. The van der Waals surface area contributed by atoms with Crippen molar-refractivity contribution in [1.29, 1.82) is 0 Å². The van der Waals surface area contributed by atoms with E-state index in [2.05, 4.69) is 26.3 Å². The van der Waals surface area contributed by atoms with Crippen molar-refractivity contribution in [2.24, 2.45) is 5.92 Å². The summed E-state index contributed by atoms with van der Waals surface area (Å²) in [6, 6.07) is 12.7. The lowest BCUT2D eigenvalue weighted by Crippen LogP contribution is -2.43. The summed E-state index contributed by atoms with van der Waals surface area (Å²) in [5.41, 5.74) is 1.10. The monoisotopic (exact) mass is 485 g/mol. The minimum Gasteiger partial charge on any atom is -0.356 e. The topological polar surface area (TPSA) is 88.7 Å². The van der Waals surface area contributed by atoms with Crippen molar-refractivity contribution in [3.8, 4) is 0 Å². The predicted molar refractivity (Wildman–Crippen MR) is 120 cm³/mol. The minimum atomic E-state index is -0.176. The Morgan fingerprint density at radius 1 is 1.10 bits per heavy atom. The van der Waals surface area contributed by atoms with Crippen LogP contribution in [0, 0.1) is 5.92 Å². The Bertz CT molecular complexity index is 1130. The molecule has 1 aliphatic rings. The number of carbonyl (C=O) groups excluding carboxylic acids is 2. The predicted octanol–water partition coefficient (Wildman–Crippen LogP) is 2.32. The number of rotatable bonds is 6. The fourth-order valence-electron chi connectivity index (χ4n) is 3.82. The van der Waals surface area contributed by atoms with Crippen LogP contribution in [0.4, 0.5) is 0 Å². The second kappa shape index (κ2) is 9.47. The Hall–Kier alpha value is -2.94. The van der Waals surface area contributed by atoms with Gasteiger partial charge in [-0.25, -0.2) is 9.48 Å². The summed E-state index contributed by atoms with van der Waals surface area (Å²) in [4.78, 5) is 39.2. The maximum Gasteiger partial charge on any atom is 0.350 e. The summed E-state index contributed by atoms with van der Waals surface area (Å²) >= 11 is 3.37. The summed E-state index contributed by atoms with van der Waals surface area (Å²) in [6.07, 6.45) is 3.62. The third-order valence-corrected chi connectivity index (χ3v) is 6.11. The van der Waals surface area contributed by atoms with Crippen molar-refractivity contribution < 1.29 is 9.59 Å². The maximum atomic E-state index is 12.6. The van der Waals surface area contributed by atoms with Crippen LogP contribution in [0.1, 0.15) is 29.6 Å². The normalized spacial score (nSPS) is 14.7. The molecule has 162 valence electrons. The van der Waals surface area contributed by atoms with Gasteiger partial charge in [0.2, 0.25) is 5.91 Å². The fourth-order valence-corrected chi connectivity index (χ4v) is 4.08. The molecule has 0 spiro atoms. The molecule has 0 bridgehead atoms. The highest BCUT2D eigenvalue weighted by Gasteiger charge is 2.27. The summed E-state index contributed by atoms with van der Waals surface area (Å²) in [5, 5.41) is 7.25. The van der Waals surface area contributed by atoms with Gasteiger partial charge in [-0.1, -0.05) is 22.0 Å². The minimum absolute atomic E-state index is 0.00394. The number of nitrogens with one attached hydrogen (secondary N) is 1. The molecule has 0 aliphatic carbocycles. The van der Waals surface area contributed by atoms with E-state index in [4.69, 9.17) is 0 Å². The lowest BCUT2D eigenvalue weighted by atomic mass is 9.95. The molecular weight excluding hydrogens is 462 g/mol. The standard InChI is InChI=1S/C22H24BrN5O3/c23-18-7-5-17(6-8-18)21(30)26-14-9-16(10-15-26)20(29)24-11-3-13-28-22(31)27-12-2-1-4-19(27)25-28/h1-2,4-8,12,16H,3,9-11,13-15H2,(H,24,29). The number of hydrogen-bond donors (Lipinski definition) is 1. The number of halogens is 1. The van der Waals surface area contributed by atoms with E-state index in [-0.39, 0.29) is 23.4 Å². The molecular formula is C22H24BrN5O3. The first-order valence-electron chi connectivity index (χ1n) is 10.4. The van der Waals surface area contributed by atoms with E-state index in [9.17, 15) is 14.4 Å². The van der Waals surface area contributed by atoms with Crippen LogP contribution >= 0.6 is 15.9 Å². The molecule has 8 nitrogen and oxygen atoms in total. The molecule has 1 saturated heterocycles. The molecule has 31 heavy (non-hydrogen) atoms. The van der Waals surface area contributed by atoms with Crippen LogP contribution in [0.5, 0.6) is 0 Å². The van der Waals surface area contributed by atoms with Gasteiger partial charge in [-0.15, -0.1) is 5.10 Å². The second-order valence-electron chi connectivity index (χ2n) is 7.65. The molecule has 9 heteroatoms. The number of carbonyl (C=O) groups is 2. The number of piperidine rings is 1. The number of pyridine rings is 1. The SMILES string of the molecule is O=C(NCCCn1nc2ccccn2c1=O)C1CCN(C(=O)c2ccc(Br)cc2)CC1. The highest BCUT2D eigenvalue weighted by Crippen LogP contribution is 2.20. The molecule has 1 fully saturated rings. The Balaban J connectivity index is 1.21. The van der Waals surface area contributed by atoms with Gasteiger partial charge in [0, 0.05) is 48.3 Å². The molecule has 3 heterocycles. The van der Waals surface area contributed by atoms with E-state index in [0.717, 1.165) is 4.47 Å². The van der Waals surface area contributed by atoms with E-state index in [1.807, 2.05) is 23.1 Å². The first-order valence-corrected chi connectivity index (χ1v) is 11.2. The Morgan fingerprint density at radius 3 is 2.55 bits per heavy atom. The van der Waals surface area contributed by atoms with Crippen LogP contribution in [0.3, 0.4) is 0 Å². The zero-order chi connectivity index (χ0) is 21.8. The van der Waals surface area contributed by atoms with Gasteiger partial charge < -0.3 is 10.2 Å². The molecule has 1 aliphatic heterocycles. The second-order valence-corrected chi connectivity index (χ2v) is 8.57. The number of benzene rings is 1. The lowest BCUT2D eigenvalue weighted by molar-refractivity contribution is -0.126. The molecule has 0 unspecified atom stereocenters. The van der Waals surface area contributed by atoms with Crippen molar-refractivity contribution in [2.45, 2.75) is 25.8 Å². The average Bonchev–Trinajstić information content (AvgIpc) is 3.12. The highest BCUT2D eigenvalue weighted by atomic mass is 79.9. The number of aromatic nitrogens is 3. The van der Waals surface area contributed by atoms with Crippen LogP contribution in [-0.4, -0.2) is 50.5 Å². The van der Waals surface area contributed by atoms with Crippen LogP contribution < -0.4 is 11.0 Å². The molecule has 0 atom stereocenters. The quantitative estimate of drug-likeness (QED) is 0.542. The van der Waals surface area contributed by atoms with E-state index in [0.29, 0.717) is 56.7 Å². The maximum absolute atomic E-state index is 12.6. The van der Waals surface area contributed by atoms with Gasteiger partial charge in [0.25, 0.3) is 5.91 Å². The summed E-state index contributed by atoms with van der Waals surface area (Å²) in [7, 11) is 0. The Kier molecular flexibility index (Phi) is 6.50. The van der Waals surface area contributed by atoms with E-state index in [1.54, 1.807) is 30.5 Å². The number of nitrogens with zero attached hydrogens (tertiary/aromatic N) is 4. The molecule has 4 rings (SSSR count).